The second-order valence-corrected chi connectivity index (χ2v) is 14.9. The Labute approximate surface area is 316 Å². The average Bonchev–Trinajstić information content (AvgIpc) is 3.53. The molecule has 6 rings (SSSR count). The zero-order valence-corrected chi connectivity index (χ0v) is 32.0. The van der Waals surface area contributed by atoms with E-state index in [1.807, 2.05) is 60.9 Å². The van der Waals surface area contributed by atoms with Crippen LogP contribution in [0.5, 0.6) is 5.75 Å². The number of fused-ring (bicyclic) bond motifs is 1. The molecule has 53 heavy (non-hydrogen) atoms. The van der Waals surface area contributed by atoms with Gasteiger partial charge in [0.1, 0.15) is 12.4 Å². The normalized spacial score (nSPS) is 17.6. The predicted octanol–water partition coefficient (Wildman–Crippen LogP) is 7.42. The Balaban J connectivity index is 1.18. The zero-order valence-electron chi connectivity index (χ0n) is 31.2. The third kappa shape index (κ3) is 10.4. The second kappa shape index (κ2) is 19.2. The summed E-state index contributed by atoms with van der Waals surface area (Å²) in [5.41, 5.74) is 7.38. The fraction of sp³-hybridized carbons (Fsp3) is 0.429. The van der Waals surface area contributed by atoms with Crippen LogP contribution in [0, 0.1) is 6.92 Å². The summed E-state index contributed by atoms with van der Waals surface area (Å²) in [7, 11) is -1.24. The van der Waals surface area contributed by atoms with Crippen LogP contribution in [0.1, 0.15) is 56.5 Å². The SMILES string of the molecule is CCCCOCCOc1ccc(-c2ccc3c(c2)/C=C(/C(=O)Nc2ccc([S@](=O)Cc4c(C)ncn4CC)cc2)CCCN3C[C@@H]2COCCO2)cc1. The lowest BCUT2D eigenvalue weighted by Gasteiger charge is -2.33. The first kappa shape index (κ1) is 38.4. The van der Waals surface area contributed by atoms with Gasteiger partial charge in [0, 0.05) is 48.1 Å². The number of imidazole rings is 1. The summed E-state index contributed by atoms with van der Waals surface area (Å²) in [4.78, 5) is 21.3. The van der Waals surface area contributed by atoms with Crippen LogP contribution < -0.4 is 15.0 Å². The highest BCUT2D eigenvalue weighted by Gasteiger charge is 2.23. The lowest BCUT2D eigenvalue weighted by Crippen LogP contribution is -2.41. The number of benzene rings is 3. The lowest BCUT2D eigenvalue weighted by molar-refractivity contribution is -0.112. The first-order valence-electron chi connectivity index (χ1n) is 18.8. The number of nitrogens with zero attached hydrogens (tertiary/aromatic N) is 3. The van der Waals surface area contributed by atoms with Gasteiger partial charge in [-0.05, 0) is 104 Å². The summed E-state index contributed by atoms with van der Waals surface area (Å²) in [6.45, 7) is 12.1. The highest BCUT2D eigenvalue weighted by molar-refractivity contribution is 7.84. The molecule has 0 radical (unpaired) electrons. The summed E-state index contributed by atoms with van der Waals surface area (Å²) in [5.74, 6) is 1.05. The molecular formula is C42H52N4O6S. The van der Waals surface area contributed by atoms with E-state index >= 15 is 0 Å². The van der Waals surface area contributed by atoms with Gasteiger partial charge in [-0.2, -0.15) is 0 Å². The van der Waals surface area contributed by atoms with E-state index in [-0.39, 0.29) is 12.0 Å². The van der Waals surface area contributed by atoms with E-state index in [0.717, 1.165) is 78.5 Å². The maximum absolute atomic E-state index is 13.8. The molecule has 2 aliphatic heterocycles. The van der Waals surface area contributed by atoms with Crippen molar-refractivity contribution in [1.29, 1.82) is 0 Å². The number of hydrogen-bond donors (Lipinski definition) is 1. The minimum absolute atomic E-state index is 0.0119. The summed E-state index contributed by atoms with van der Waals surface area (Å²) in [6, 6.07) is 21.9. The Morgan fingerprint density at radius 3 is 2.57 bits per heavy atom. The Hall–Kier alpha value is -4.29. The van der Waals surface area contributed by atoms with Crippen molar-refractivity contribution in [3.05, 3.63) is 95.6 Å². The van der Waals surface area contributed by atoms with Crippen molar-refractivity contribution in [3.8, 4) is 16.9 Å². The fourth-order valence-electron chi connectivity index (χ4n) is 6.62. The van der Waals surface area contributed by atoms with Gasteiger partial charge in [-0.25, -0.2) is 4.98 Å². The quantitative estimate of drug-likeness (QED) is 0.119. The molecule has 1 amide bonds. The molecule has 3 heterocycles. The third-order valence-electron chi connectivity index (χ3n) is 9.64. The Kier molecular flexibility index (Phi) is 13.9. The van der Waals surface area contributed by atoms with Crippen molar-refractivity contribution >= 4 is 34.2 Å². The average molecular weight is 741 g/mol. The Bertz CT molecular complexity index is 1850. The van der Waals surface area contributed by atoms with Crippen LogP contribution in [0.15, 0.2) is 83.5 Å². The van der Waals surface area contributed by atoms with E-state index in [1.54, 1.807) is 6.33 Å². The van der Waals surface area contributed by atoms with Crippen LogP contribution in [0.2, 0.25) is 0 Å². The van der Waals surface area contributed by atoms with E-state index in [1.165, 1.54) is 0 Å². The molecule has 0 bridgehead atoms. The molecule has 1 saturated heterocycles. The topological polar surface area (TPSA) is 104 Å². The molecule has 1 N–H and O–H groups in total. The highest BCUT2D eigenvalue weighted by Crippen LogP contribution is 2.33. The monoisotopic (exact) mass is 740 g/mol. The van der Waals surface area contributed by atoms with Crippen molar-refractivity contribution in [2.24, 2.45) is 0 Å². The Morgan fingerprint density at radius 1 is 1.00 bits per heavy atom. The smallest absolute Gasteiger partial charge is 0.251 e. The van der Waals surface area contributed by atoms with Crippen LogP contribution in [-0.4, -0.2) is 78.5 Å². The second-order valence-electron chi connectivity index (χ2n) is 13.4. The fourth-order valence-corrected chi connectivity index (χ4v) is 7.85. The number of carbonyl (C=O) groups excluding carboxylic acids is 1. The first-order valence-corrected chi connectivity index (χ1v) is 20.1. The van der Waals surface area contributed by atoms with Crippen LogP contribution in [0.4, 0.5) is 11.4 Å². The van der Waals surface area contributed by atoms with Gasteiger partial charge in [-0.3, -0.25) is 9.00 Å². The lowest BCUT2D eigenvalue weighted by atomic mass is 9.96. The Morgan fingerprint density at radius 2 is 1.81 bits per heavy atom. The number of hydrogen-bond acceptors (Lipinski definition) is 8. The maximum atomic E-state index is 13.8. The van der Waals surface area contributed by atoms with E-state index in [4.69, 9.17) is 18.9 Å². The predicted molar refractivity (Wildman–Crippen MR) is 211 cm³/mol. The van der Waals surface area contributed by atoms with Gasteiger partial charge in [0.15, 0.2) is 0 Å². The largest absolute Gasteiger partial charge is 0.491 e. The highest BCUT2D eigenvalue weighted by atomic mass is 32.2. The number of amides is 1. The van der Waals surface area contributed by atoms with E-state index in [2.05, 4.69) is 52.5 Å². The van der Waals surface area contributed by atoms with E-state index in [9.17, 15) is 9.00 Å². The summed E-state index contributed by atoms with van der Waals surface area (Å²) < 4.78 is 38.5. The molecule has 0 saturated carbocycles. The third-order valence-corrected chi connectivity index (χ3v) is 11.0. The summed E-state index contributed by atoms with van der Waals surface area (Å²) >= 11 is 0. The van der Waals surface area contributed by atoms with Gasteiger partial charge in [0.2, 0.25) is 0 Å². The molecule has 11 heteroatoms. The molecule has 4 aromatic rings. The van der Waals surface area contributed by atoms with Gasteiger partial charge in [-0.15, -0.1) is 0 Å². The molecule has 10 nitrogen and oxygen atoms in total. The number of carbonyl (C=O) groups is 1. The van der Waals surface area contributed by atoms with Gasteiger partial charge in [0.25, 0.3) is 5.91 Å². The number of aryl methyl sites for hydroxylation is 2. The van der Waals surface area contributed by atoms with Crippen molar-refractivity contribution in [1.82, 2.24) is 9.55 Å². The van der Waals surface area contributed by atoms with Crippen LogP contribution >= 0.6 is 0 Å². The minimum atomic E-state index is -1.24. The van der Waals surface area contributed by atoms with Gasteiger partial charge in [-0.1, -0.05) is 31.5 Å². The number of unbranched alkanes of at least 4 members (excludes halogenated alkanes) is 1. The standard InChI is InChI=1S/C42H52N4O6S/c1-4-6-20-49-21-23-51-37-14-9-32(10-15-37)33-11-18-40-35(25-33)26-34(8-7-19-46(40)27-38-28-50-22-24-52-38)42(47)44-36-12-16-39(17-13-36)53(48)29-41-31(3)43-30-45(41)5-2/h9-18,25-26,30,38H,4-8,19-24,27-29H2,1-3H3,(H,44,47)/b34-26+/t38-,53-/m1/s1. The summed E-state index contributed by atoms with van der Waals surface area (Å²) in [6.07, 6.45) is 7.41. The molecule has 0 aliphatic carbocycles. The molecule has 3 aromatic carbocycles. The van der Waals surface area contributed by atoms with Crippen molar-refractivity contribution in [3.63, 3.8) is 0 Å². The first-order chi connectivity index (χ1) is 25.9. The van der Waals surface area contributed by atoms with Gasteiger partial charge < -0.3 is 33.7 Å². The minimum Gasteiger partial charge on any atom is -0.491 e. The van der Waals surface area contributed by atoms with Gasteiger partial charge in [0.05, 0.1) is 66.8 Å². The molecular weight excluding hydrogens is 689 g/mol. The van der Waals surface area contributed by atoms with Crippen LogP contribution in [0.3, 0.4) is 0 Å². The molecule has 0 spiro atoms. The number of rotatable bonds is 16. The molecule has 2 aliphatic rings. The molecule has 282 valence electrons. The number of anilines is 2. The molecule has 0 unspecified atom stereocenters. The van der Waals surface area contributed by atoms with Crippen LogP contribution in [-0.2, 0) is 42.1 Å². The molecule has 1 fully saturated rings. The summed E-state index contributed by atoms with van der Waals surface area (Å²) in [5, 5.41) is 3.10. The number of ether oxygens (including phenoxy) is 4. The zero-order chi connectivity index (χ0) is 37.0. The number of aromatic nitrogens is 2. The van der Waals surface area contributed by atoms with E-state index in [0.29, 0.717) is 67.9 Å². The molecule has 2 atom stereocenters. The van der Waals surface area contributed by atoms with Crippen molar-refractivity contribution in [2.75, 3.05) is 62.9 Å². The van der Waals surface area contributed by atoms with E-state index < -0.39 is 10.8 Å². The van der Waals surface area contributed by atoms with Crippen LogP contribution in [0.25, 0.3) is 17.2 Å². The maximum Gasteiger partial charge on any atom is 0.251 e. The van der Waals surface area contributed by atoms with Gasteiger partial charge >= 0.3 is 0 Å². The number of nitrogens with one attached hydrogen (secondary N) is 1. The molecule has 1 aromatic heterocycles. The van der Waals surface area contributed by atoms with Crippen molar-refractivity contribution in [2.45, 2.75) is 69.8 Å². The van der Waals surface area contributed by atoms with Crippen molar-refractivity contribution < 1.29 is 28.0 Å².